The summed E-state index contributed by atoms with van der Waals surface area (Å²) in [6.45, 7) is 4.43. The molecular weight excluding hydrogens is 259 g/mol. The molecule has 1 fully saturated rings. The summed E-state index contributed by atoms with van der Waals surface area (Å²) in [5.41, 5.74) is 0.282. The van der Waals surface area contributed by atoms with Crippen LogP contribution in [0, 0.1) is 11.2 Å². The largest absolute Gasteiger partial charge is 0.497 e. The molecule has 0 unspecified atom stereocenters. The molecule has 0 heterocycles. The van der Waals surface area contributed by atoms with Crippen LogP contribution in [0.1, 0.15) is 49.9 Å². The molecule has 110 valence electrons. The molecule has 1 aliphatic rings. The first-order valence-corrected chi connectivity index (χ1v) is 6.96. The molecule has 0 aromatic heterocycles. The third-order valence-corrected chi connectivity index (χ3v) is 3.96. The van der Waals surface area contributed by atoms with Gasteiger partial charge in [-0.15, -0.1) is 0 Å². The highest BCUT2D eigenvalue weighted by atomic mass is 19.1. The fourth-order valence-electron chi connectivity index (χ4n) is 2.49. The standard InChI is InChI=1S/C16H21FO3/c1-16(2)8-6-11(7-9-16)20-15(18)13-5-4-12(19-3)10-14(13)17/h4-5,10-11H,6-9H2,1-3H3. The fraction of sp³-hybridized carbons (Fsp3) is 0.562. The minimum Gasteiger partial charge on any atom is -0.497 e. The molecule has 4 heteroatoms. The van der Waals surface area contributed by atoms with E-state index in [1.165, 1.54) is 19.2 Å². The van der Waals surface area contributed by atoms with Gasteiger partial charge in [-0.25, -0.2) is 9.18 Å². The SMILES string of the molecule is COc1ccc(C(=O)OC2CCC(C)(C)CC2)c(F)c1. The normalized spacial score (nSPS) is 18.6. The number of rotatable bonds is 3. The van der Waals surface area contributed by atoms with Crippen LogP contribution in [-0.4, -0.2) is 19.2 Å². The number of methoxy groups -OCH3 is 1. The predicted octanol–water partition coefficient (Wildman–Crippen LogP) is 3.96. The van der Waals surface area contributed by atoms with E-state index in [-0.39, 0.29) is 11.7 Å². The van der Waals surface area contributed by atoms with E-state index in [1.54, 1.807) is 6.07 Å². The lowest BCUT2D eigenvalue weighted by molar-refractivity contribution is 0.00906. The number of esters is 1. The topological polar surface area (TPSA) is 35.5 Å². The average molecular weight is 280 g/mol. The van der Waals surface area contributed by atoms with Crippen molar-refractivity contribution in [1.29, 1.82) is 0 Å². The monoisotopic (exact) mass is 280 g/mol. The molecule has 0 aliphatic heterocycles. The molecule has 0 radical (unpaired) electrons. The molecule has 20 heavy (non-hydrogen) atoms. The quantitative estimate of drug-likeness (QED) is 0.786. The molecule has 3 nitrogen and oxygen atoms in total. The molecule has 1 aliphatic carbocycles. The lowest BCUT2D eigenvalue weighted by Crippen LogP contribution is -2.28. The summed E-state index contributed by atoms with van der Waals surface area (Å²) in [4.78, 5) is 12.0. The van der Waals surface area contributed by atoms with Gasteiger partial charge in [-0.05, 0) is 43.2 Å². The molecule has 1 saturated carbocycles. The van der Waals surface area contributed by atoms with Crippen molar-refractivity contribution >= 4 is 5.97 Å². The zero-order valence-electron chi connectivity index (χ0n) is 12.2. The predicted molar refractivity (Wildman–Crippen MR) is 74.4 cm³/mol. The van der Waals surface area contributed by atoms with Gasteiger partial charge in [0, 0.05) is 6.07 Å². The Bertz CT molecular complexity index is 486. The van der Waals surface area contributed by atoms with E-state index in [4.69, 9.17) is 9.47 Å². The molecule has 0 atom stereocenters. The van der Waals surface area contributed by atoms with Gasteiger partial charge in [0.25, 0.3) is 0 Å². The number of hydrogen-bond donors (Lipinski definition) is 0. The highest BCUT2D eigenvalue weighted by molar-refractivity contribution is 5.90. The van der Waals surface area contributed by atoms with Crippen molar-refractivity contribution in [3.63, 3.8) is 0 Å². The first kappa shape index (κ1) is 14.8. The van der Waals surface area contributed by atoms with Crippen LogP contribution in [0.4, 0.5) is 4.39 Å². The third kappa shape index (κ3) is 3.50. The summed E-state index contributed by atoms with van der Waals surface area (Å²) < 4.78 is 24.1. The van der Waals surface area contributed by atoms with Crippen LogP contribution in [0.3, 0.4) is 0 Å². The molecule has 0 amide bonds. The second-order valence-corrected chi connectivity index (χ2v) is 6.11. The Kier molecular flexibility index (Phi) is 4.31. The van der Waals surface area contributed by atoms with Crippen LogP contribution in [0.2, 0.25) is 0 Å². The number of halogens is 1. The number of carbonyl (C=O) groups excluding carboxylic acids is 1. The van der Waals surface area contributed by atoms with Gasteiger partial charge in [-0.1, -0.05) is 13.8 Å². The summed E-state index contributed by atoms with van der Waals surface area (Å²) >= 11 is 0. The smallest absolute Gasteiger partial charge is 0.341 e. The van der Waals surface area contributed by atoms with Gasteiger partial charge in [0.15, 0.2) is 0 Å². The lowest BCUT2D eigenvalue weighted by Gasteiger charge is -2.33. The minimum absolute atomic E-state index is 0.0318. The van der Waals surface area contributed by atoms with Crippen LogP contribution in [-0.2, 0) is 4.74 Å². The Hall–Kier alpha value is -1.58. The van der Waals surface area contributed by atoms with Gasteiger partial charge >= 0.3 is 5.97 Å². The van der Waals surface area contributed by atoms with Crippen molar-refractivity contribution in [2.75, 3.05) is 7.11 Å². The zero-order chi connectivity index (χ0) is 14.8. The van der Waals surface area contributed by atoms with Crippen molar-refractivity contribution in [1.82, 2.24) is 0 Å². The summed E-state index contributed by atoms with van der Waals surface area (Å²) in [6.07, 6.45) is 3.64. The van der Waals surface area contributed by atoms with E-state index < -0.39 is 11.8 Å². The summed E-state index contributed by atoms with van der Waals surface area (Å²) in [7, 11) is 1.45. The second-order valence-electron chi connectivity index (χ2n) is 6.11. The van der Waals surface area contributed by atoms with E-state index in [0.29, 0.717) is 11.2 Å². The molecule has 1 aromatic rings. The van der Waals surface area contributed by atoms with Crippen LogP contribution in [0.5, 0.6) is 5.75 Å². The lowest BCUT2D eigenvalue weighted by atomic mass is 9.76. The Balaban J connectivity index is 1.99. The number of hydrogen-bond acceptors (Lipinski definition) is 3. The van der Waals surface area contributed by atoms with E-state index in [0.717, 1.165) is 25.7 Å². The number of benzene rings is 1. The molecule has 0 N–H and O–H groups in total. The van der Waals surface area contributed by atoms with Crippen molar-refractivity contribution in [3.05, 3.63) is 29.6 Å². The summed E-state index contributed by atoms with van der Waals surface area (Å²) in [5.74, 6) is -0.807. The van der Waals surface area contributed by atoms with E-state index in [2.05, 4.69) is 13.8 Å². The Morgan fingerprint density at radius 3 is 2.50 bits per heavy atom. The number of ether oxygens (including phenoxy) is 2. The molecule has 2 rings (SSSR count). The Morgan fingerprint density at radius 1 is 1.30 bits per heavy atom. The van der Waals surface area contributed by atoms with Crippen LogP contribution < -0.4 is 4.74 Å². The number of carbonyl (C=O) groups is 1. The third-order valence-electron chi connectivity index (χ3n) is 3.96. The fourth-order valence-corrected chi connectivity index (χ4v) is 2.49. The van der Waals surface area contributed by atoms with E-state index >= 15 is 0 Å². The maximum Gasteiger partial charge on any atom is 0.341 e. The van der Waals surface area contributed by atoms with Crippen LogP contribution in [0.15, 0.2) is 18.2 Å². The molecular formula is C16H21FO3. The maximum absolute atomic E-state index is 13.8. The highest BCUT2D eigenvalue weighted by Gasteiger charge is 2.29. The van der Waals surface area contributed by atoms with Crippen molar-refractivity contribution < 1.29 is 18.7 Å². The van der Waals surface area contributed by atoms with Gasteiger partial charge in [0.1, 0.15) is 17.7 Å². The van der Waals surface area contributed by atoms with Gasteiger partial charge in [0.2, 0.25) is 0 Å². The second kappa shape index (κ2) is 5.81. The van der Waals surface area contributed by atoms with Gasteiger partial charge in [-0.2, -0.15) is 0 Å². The first-order valence-electron chi connectivity index (χ1n) is 6.96. The Morgan fingerprint density at radius 2 is 1.95 bits per heavy atom. The first-order chi connectivity index (χ1) is 9.41. The molecule has 0 spiro atoms. The molecule has 1 aromatic carbocycles. The van der Waals surface area contributed by atoms with E-state index in [1.807, 2.05) is 0 Å². The highest BCUT2D eigenvalue weighted by Crippen LogP contribution is 2.36. The van der Waals surface area contributed by atoms with Crippen LogP contribution >= 0.6 is 0 Å². The average Bonchev–Trinajstić information content (AvgIpc) is 2.40. The van der Waals surface area contributed by atoms with E-state index in [9.17, 15) is 9.18 Å². The van der Waals surface area contributed by atoms with Crippen molar-refractivity contribution in [3.8, 4) is 5.75 Å². The van der Waals surface area contributed by atoms with Gasteiger partial charge in [-0.3, -0.25) is 0 Å². The van der Waals surface area contributed by atoms with Crippen molar-refractivity contribution in [2.45, 2.75) is 45.6 Å². The summed E-state index contributed by atoms with van der Waals surface area (Å²) in [5, 5.41) is 0. The maximum atomic E-state index is 13.8. The van der Waals surface area contributed by atoms with Crippen LogP contribution in [0.25, 0.3) is 0 Å². The molecule has 0 saturated heterocycles. The van der Waals surface area contributed by atoms with Crippen molar-refractivity contribution in [2.24, 2.45) is 5.41 Å². The Labute approximate surface area is 119 Å². The summed E-state index contributed by atoms with van der Waals surface area (Å²) in [6, 6.07) is 4.16. The van der Waals surface area contributed by atoms with Gasteiger partial charge < -0.3 is 9.47 Å². The molecule has 0 bridgehead atoms. The zero-order valence-corrected chi connectivity index (χ0v) is 12.2. The minimum atomic E-state index is -0.606. The van der Waals surface area contributed by atoms with Gasteiger partial charge in [0.05, 0.1) is 12.7 Å².